The van der Waals surface area contributed by atoms with E-state index in [1.165, 1.54) is 12.1 Å². The number of nitrogens with one attached hydrogen (secondary N) is 3. The van der Waals surface area contributed by atoms with Crippen LogP contribution in [0.25, 0.3) is 10.9 Å². The van der Waals surface area contributed by atoms with Crippen LogP contribution in [0, 0.1) is 0 Å². The monoisotopic (exact) mass is 494 g/mol. The minimum Gasteiger partial charge on any atom is -0.508 e. The van der Waals surface area contributed by atoms with Crippen molar-refractivity contribution >= 4 is 34.5 Å². The van der Waals surface area contributed by atoms with Crippen LogP contribution in [0.15, 0.2) is 54.7 Å². The lowest BCUT2D eigenvalue weighted by Gasteiger charge is -2.23. The van der Waals surface area contributed by atoms with E-state index in [9.17, 15) is 24.3 Å². The largest absolute Gasteiger partial charge is 0.508 e. The van der Waals surface area contributed by atoms with E-state index < -0.39 is 41.8 Å². The lowest BCUT2D eigenvalue weighted by atomic mass is 10.0. The Kier molecular flexibility index (Phi) is 8.63. The van der Waals surface area contributed by atoms with Crippen molar-refractivity contribution in [3.8, 4) is 5.75 Å². The smallest absolute Gasteiger partial charge is 0.243 e. The summed E-state index contributed by atoms with van der Waals surface area (Å²) in [6.45, 7) is 0. The van der Waals surface area contributed by atoms with Gasteiger partial charge in [-0.05, 0) is 42.2 Å². The van der Waals surface area contributed by atoms with Crippen LogP contribution >= 0.6 is 0 Å². The number of aromatic nitrogens is 1. The minimum atomic E-state index is -1.14. The maximum Gasteiger partial charge on any atom is 0.243 e. The van der Waals surface area contributed by atoms with Crippen LogP contribution in [0.4, 0.5) is 0 Å². The highest BCUT2D eigenvalue weighted by Gasteiger charge is 2.28. The van der Waals surface area contributed by atoms with Crippen LogP contribution in [0.5, 0.6) is 5.75 Å². The number of para-hydroxylation sites is 1. The third-order valence-corrected chi connectivity index (χ3v) is 5.80. The predicted octanol–water partition coefficient (Wildman–Crippen LogP) is -0.294. The van der Waals surface area contributed by atoms with Crippen LogP contribution in [-0.4, -0.2) is 51.8 Å². The number of aromatic hydroxyl groups is 1. The molecule has 0 aliphatic heterocycles. The fourth-order valence-electron chi connectivity index (χ4n) is 3.83. The van der Waals surface area contributed by atoms with Crippen molar-refractivity contribution in [3.63, 3.8) is 0 Å². The number of rotatable bonds is 12. The van der Waals surface area contributed by atoms with Gasteiger partial charge in [-0.15, -0.1) is 0 Å². The van der Waals surface area contributed by atoms with E-state index in [4.69, 9.17) is 17.2 Å². The molecule has 0 unspecified atom stereocenters. The molecule has 3 rings (SSSR count). The molecule has 0 bridgehead atoms. The Balaban J connectivity index is 1.78. The molecular weight excluding hydrogens is 464 g/mol. The summed E-state index contributed by atoms with van der Waals surface area (Å²) in [5, 5.41) is 15.5. The second-order valence-electron chi connectivity index (χ2n) is 8.57. The molecular formula is C25H30N6O5. The van der Waals surface area contributed by atoms with Gasteiger partial charge in [0.25, 0.3) is 0 Å². The van der Waals surface area contributed by atoms with Crippen molar-refractivity contribution in [2.24, 2.45) is 17.2 Å². The Morgan fingerprint density at radius 1 is 0.889 bits per heavy atom. The summed E-state index contributed by atoms with van der Waals surface area (Å²) in [4.78, 5) is 52.2. The molecule has 3 aromatic rings. The Morgan fingerprint density at radius 2 is 1.56 bits per heavy atom. The zero-order chi connectivity index (χ0) is 26.2. The lowest BCUT2D eigenvalue weighted by Crippen LogP contribution is -2.56. The highest BCUT2D eigenvalue weighted by molar-refractivity contribution is 5.94. The summed E-state index contributed by atoms with van der Waals surface area (Å²) in [5.74, 6) is -2.60. The number of primary amides is 2. The standard InChI is InChI=1S/C25H30N6O5/c26-18(11-14-5-7-16(32)8-6-14)24(35)31-21(12-15-13-29-19-4-2-1-3-17(15)19)25(36)30-20(23(28)34)9-10-22(27)33/h1-8,13,18,20-21,29,32H,9-12,26H2,(H2,27,33)(H2,28,34)(H,30,36)(H,31,35)/t18-,20-,21-/m0/s1. The number of hydrogen-bond donors (Lipinski definition) is 7. The lowest BCUT2D eigenvalue weighted by molar-refractivity contribution is -0.132. The summed E-state index contributed by atoms with van der Waals surface area (Å²) in [6, 6.07) is 10.6. The second kappa shape index (κ2) is 11.8. The zero-order valence-corrected chi connectivity index (χ0v) is 19.6. The molecule has 0 aliphatic carbocycles. The van der Waals surface area contributed by atoms with Gasteiger partial charge in [-0.25, -0.2) is 0 Å². The van der Waals surface area contributed by atoms with E-state index in [-0.39, 0.29) is 31.4 Å². The number of carbonyl (C=O) groups is 4. The van der Waals surface area contributed by atoms with Crippen molar-refractivity contribution in [3.05, 3.63) is 65.9 Å². The van der Waals surface area contributed by atoms with Gasteiger partial charge in [0.1, 0.15) is 17.8 Å². The van der Waals surface area contributed by atoms with Gasteiger partial charge in [0.2, 0.25) is 23.6 Å². The Labute approximate surface area is 207 Å². The molecule has 2 aromatic carbocycles. The third kappa shape index (κ3) is 7.06. The van der Waals surface area contributed by atoms with Gasteiger partial charge >= 0.3 is 0 Å². The van der Waals surface area contributed by atoms with E-state index in [1.54, 1.807) is 18.3 Å². The van der Waals surface area contributed by atoms with Crippen molar-refractivity contribution in [1.29, 1.82) is 0 Å². The highest BCUT2D eigenvalue weighted by Crippen LogP contribution is 2.19. The Bertz CT molecular complexity index is 1240. The Hall–Kier alpha value is -4.38. The molecule has 1 aromatic heterocycles. The fourth-order valence-corrected chi connectivity index (χ4v) is 3.83. The molecule has 0 saturated heterocycles. The van der Waals surface area contributed by atoms with E-state index in [1.807, 2.05) is 24.3 Å². The summed E-state index contributed by atoms with van der Waals surface area (Å²) < 4.78 is 0. The van der Waals surface area contributed by atoms with E-state index in [2.05, 4.69) is 15.6 Å². The molecule has 10 N–H and O–H groups in total. The molecule has 0 radical (unpaired) electrons. The first-order valence-electron chi connectivity index (χ1n) is 11.4. The van der Waals surface area contributed by atoms with Crippen molar-refractivity contribution < 1.29 is 24.3 Å². The van der Waals surface area contributed by atoms with Crippen molar-refractivity contribution in [2.45, 2.75) is 43.8 Å². The molecule has 0 fully saturated rings. The number of nitrogens with two attached hydrogens (primary N) is 3. The average molecular weight is 495 g/mol. The number of phenols is 1. The molecule has 190 valence electrons. The molecule has 36 heavy (non-hydrogen) atoms. The second-order valence-corrected chi connectivity index (χ2v) is 8.57. The zero-order valence-electron chi connectivity index (χ0n) is 19.6. The molecule has 11 nitrogen and oxygen atoms in total. The van der Waals surface area contributed by atoms with Gasteiger partial charge in [0.15, 0.2) is 0 Å². The summed E-state index contributed by atoms with van der Waals surface area (Å²) >= 11 is 0. The first-order valence-corrected chi connectivity index (χ1v) is 11.4. The van der Waals surface area contributed by atoms with Gasteiger partial charge in [-0.3, -0.25) is 19.2 Å². The van der Waals surface area contributed by atoms with Gasteiger partial charge in [0.05, 0.1) is 6.04 Å². The number of fused-ring (bicyclic) bond motifs is 1. The number of H-pyrrole nitrogens is 1. The normalized spacial score (nSPS) is 13.5. The number of amides is 4. The van der Waals surface area contributed by atoms with Crippen LogP contribution < -0.4 is 27.8 Å². The number of benzene rings is 2. The van der Waals surface area contributed by atoms with Crippen LogP contribution in [0.2, 0.25) is 0 Å². The number of phenolic OH excluding ortho intramolecular Hbond substituents is 1. The number of aromatic amines is 1. The van der Waals surface area contributed by atoms with Gasteiger partial charge in [-0.1, -0.05) is 30.3 Å². The summed E-state index contributed by atoms with van der Waals surface area (Å²) in [7, 11) is 0. The van der Waals surface area contributed by atoms with Crippen molar-refractivity contribution in [1.82, 2.24) is 15.6 Å². The first kappa shape index (κ1) is 26.2. The molecule has 0 saturated carbocycles. The minimum absolute atomic E-state index is 0.0650. The maximum atomic E-state index is 13.2. The maximum absolute atomic E-state index is 13.2. The topological polar surface area (TPSA) is 206 Å². The van der Waals surface area contributed by atoms with Crippen LogP contribution in [0.1, 0.15) is 24.0 Å². The van der Waals surface area contributed by atoms with E-state index in [0.29, 0.717) is 0 Å². The highest BCUT2D eigenvalue weighted by atomic mass is 16.3. The average Bonchev–Trinajstić information content (AvgIpc) is 3.25. The SMILES string of the molecule is NC(=O)CC[C@H](NC(=O)[C@H](Cc1c[nH]c2ccccc12)NC(=O)[C@@H](N)Cc1ccc(O)cc1)C(N)=O. The van der Waals surface area contributed by atoms with Gasteiger partial charge in [-0.2, -0.15) is 0 Å². The number of carbonyl (C=O) groups excluding carboxylic acids is 4. The quantitative estimate of drug-likeness (QED) is 0.180. The first-order chi connectivity index (χ1) is 17.1. The van der Waals surface area contributed by atoms with Crippen molar-refractivity contribution in [2.75, 3.05) is 0 Å². The van der Waals surface area contributed by atoms with Gasteiger partial charge < -0.3 is 37.9 Å². The summed E-state index contributed by atoms with van der Waals surface area (Å²) in [5.41, 5.74) is 19.0. The number of hydrogen-bond acceptors (Lipinski definition) is 6. The molecule has 4 amide bonds. The van der Waals surface area contributed by atoms with Crippen LogP contribution in [-0.2, 0) is 32.0 Å². The fraction of sp³-hybridized carbons (Fsp3) is 0.280. The van der Waals surface area contributed by atoms with E-state index >= 15 is 0 Å². The van der Waals surface area contributed by atoms with Crippen LogP contribution in [0.3, 0.4) is 0 Å². The third-order valence-electron chi connectivity index (χ3n) is 5.80. The van der Waals surface area contributed by atoms with E-state index in [0.717, 1.165) is 22.0 Å². The molecule has 0 aliphatic rings. The summed E-state index contributed by atoms with van der Waals surface area (Å²) in [6.07, 6.45) is 1.81. The Morgan fingerprint density at radius 3 is 2.22 bits per heavy atom. The molecule has 3 atom stereocenters. The molecule has 11 heteroatoms. The van der Waals surface area contributed by atoms with Gasteiger partial charge in [0, 0.05) is 29.9 Å². The molecule has 1 heterocycles. The predicted molar refractivity (Wildman–Crippen MR) is 133 cm³/mol. The molecule has 0 spiro atoms.